The van der Waals surface area contributed by atoms with Crippen LogP contribution in [-0.4, -0.2) is 15.8 Å². The molecule has 1 amide bonds. The normalized spacial score (nSPS) is 12.8. The van der Waals surface area contributed by atoms with E-state index in [-0.39, 0.29) is 23.3 Å². The molecule has 1 heterocycles. The molecule has 4 rings (SSSR count). The van der Waals surface area contributed by atoms with Gasteiger partial charge in [0, 0.05) is 18.1 Å². The molecule has 1 saturated carbocycles. The van der Waals surface area contributed by atoms with Crippen molar-refractivity contribution in [1.82, 2.24) is 4.98 Å². The Morgan fingerprint density at radius 1 is 1.29 bits per heavy atom. The number of carbonyl (C=O) groups excluding carboxylic acids is 1. The summed E-state index contributed by atoms with van der Waals surface area (Å²) in [5, 5.41) is 14.0. The first-order valence-electron chi connectivity index (χ1n) is 8.83. The predicted octanol–water partition coefficient (Wildman–Crippen LogP) is 5.51. The Bertz CT molecular complexity index is 1030. The van der Waals surface area contributed by atoms with Gasteiger partial charge in [0.25, 0.3) is 5.69 Å². The van der Waals surface area contributed by atoms with Crippen LogP contribution in [0, 0.1) is 21.8 Å². The number of nitro benzene ring substituents is 1. The van der Waals surface area contributed by atoms with E-state index in [1.165, 1.54) is 23.5 Å². The van der Waals surface area contributed by atoms with E-state index in [9.17, 15) is 19.3 Å². The third-order valence-electron chi connectivity index (χ3n) is 3.89. The molecule has 0 unspecified atom stereocenters. The van der Waals surface area contributed by atoms with Crippen LogP contribution < -0.4 is 10.1 Å². The number of hydrogen-bond acceptors (Lipinski definition) is 6. The van der Waals surface area contributed by atoms with Crippen LogP contribution in [0.15, 0.2) is 36.4 Å². The standard InChI is InChI=1S/C17H12FN3O4S.C2H6/c18-12-7-10(21(23)24)3-6-14(12)25-11-4-5-13-15(8-11)26-17(19-13)20-16(22)9-1-2-9;1-2/h3-9H,1-2H2,(H,19,20,22);1-2H3. The molecule has 1 aromatic heterocycles. The van der Waals surface area contributed by atoms with Gasteiger partial charge in [-0.05, 0) is 31.0 Å². The molecule has 7 nitrogen and oxygen atoms in total. The molecule has 146 valence electrons. The topological polar surface area (TPSA) is 94.4 Å². The first-order valence-corrected chi connectivity index (χ1v) is 9.64. The highest BCUT2D eigenvalue weighted by atomic mass is 32.1. The van der Waals surface area contributed by atoms with Crippen LogP contribution >= 0.6 is 11.3 Å². The van der Waals surface area contributed by atoms with Gasteiger partial charge in [-0.3, -0.25) is 14.9 Å². The zero-order valence-corrected chi connectivity index (χ0v) is 16.1. The van der Waals surface area contributed by atoms with Gasteiger partial charge in [-0.15, -0.1) is 0 Å². The van der Waals surface area contributed by atoms with Gasteiger partial charge >= 0.3 is 0 Å². The van der Waals surface area contributed by atoms with E-state index in [1.807, 2.05) is 13.8 Å². The molecule has 0 bridgehead atoms. The fraction of sp³-hybridized carbons (Fsp3) is 0.263. The van der Waals surface area contributed by atoms with E-state index in [4.69, 9.17) is 4.74 Å². The molecule has 1 N–H and O–H groups in total. The molecule has 0 radical (unpaired) electrons. The molecule has 1 aliphatic rings. The fourth-order valence-electron chi connectivity index (χ4n) is 2.39. The van der Waals surface area contributed by atoms with Crippen molar-refractivity contribution in [1.29, 1.82) is 0 Å². The van der Waals surface area contributed by atoms with Gasteiger partial charge in [-0.25, -0.2) is 9.37 Å². The van der Waals surface area contributed by atoms with Crippen molar-refractivity contribution in [3.63, 3.8) is 0 Å². The van der Waals surface area contributed by atoms with Gasteiger partial charge in [-0.1, -0.05) is 25.2 Å². The second kappa shape index (κ2) is 8.30. The number of benzene rings is 2. The lowest BCUT2D eigenvalue weighted by Crippen LogP contribution is -2.12. The third kappa shape index (κ3) is 4.42. The maximum atomic E-state index is 14.0. The molecule has 1 fully saturated rings. The molecule has 28 heavy (non-hydrogen) atoms. The Morgan fingerprint density at radius 2 is 2.04 bits per heavy atom. The number of nitro groups is 1. The Balaban J connectivity index is 0.00000109. The lowest BCUT2D eigenvalue weighted by molar-refractivity contribution is -0.385. The Labute approximate surface area is 164 Å². The van der Waals surface area contributed by atoms with Gasteiger partial charge < -0.3 is 10.1 Å². The summed E-state index contributed by atoms with van der Waals surface area (Å²) in [6.07, 6.45) is 1.82. The lowest BCUT2D eigenvalue weighted by atomic mass is 10.3. The highest BCUT2D eigenvalue weighted by molar-refractivity contribution is 7.22. The number of halogens is 1. The number of carbonyl (C=O) groups is 1. The maximum absolute atomic E-state index is 14.0. The van der Waals surface area contributed by atoms with E-state index in [0.717, 1.165) is 23.6 Å². The highest BCUT2D eigenvalue weighted by Crippen LogP contribution is 2.34. The van der Waals surface area contributed by atoms with Crippen molar-refractivity contribution in [2.24, 2.45) is 5.92 Å². The zero-order valence-electron chi connectivity index (χ0n) is 15.3. The van der Waals surface area contributed by atoms with Gasteiger partial charge in [0.1, 0.15) is 5.75 Å². The number of ether oxygens (including phenoxy) is 1. The number of fused-ring (bicyclic) bond motifs is 1. The smallest absolute Gasteiger partial charge is 0.272 e. The van der Waals surface area contributed by atoms with Crippen LogP contribution in [0.25, 0.3) is 10.2 Å². The molecule has 3 aromatic rings. The molecule has 9 heteroatoms. The van der Waals surface area contributed by atoms with Crippen molar-refractivity contribution in [2.75, 3.05) is 5.32 Å². The second-order valence-electron chi connectivity index (χ2n) is 5.89. The third-order valence-corrected chi connectivity index (χ3v) is 4.83. The van der Waals surface area contributed by atoms with E-state index >= 15 is 0 Å². The molecule has 0 saturated heterocycles. The summed E-state index contributed by atoms with van der Waals surface area (Å²) in [4.78, 5) is 26.1. The average molecular weight is 403 g/mol. The minimum Gasteiger partial charge on any atom is -0.454 e. The van der Waals surface area contributed by atoms with Crippen molar-refractivity contribution >= 4 is 38.3 Å². The minimum absolute atomic E-state index is 0.0199. The molecule has 2 aromatic carbocycles. The number of non-ortho nitro benzene ring substituents is 1. The van der Waals surface area contributed by atoms with Crippen LogP contribution in [-0.2, 0) is 4.79 Å². The van der Waals surface area contributed by atoms with Gasteiger partial charge in [-0.2, -0.15) is 0 Å². The first-order chi connectivity index (χ1) is 13.5. The molecule has 0 spiro atoms. The number of anilines is 1. The molecule has 0 aliphatic heterocycles. The summed E-state index contributed by atoms with van der Waals surface area (Å²) < 4.78 is 20.2. The number of thiazole rings is 1. The van der Waals surface area contributed by atoms with Crippen LogP contribution in [0.3, 0.4) is 0 Å². The summed E-state index contributed by atoms with van der Waals surface area (Å²) in [7, 11) is 0. The van der Waals surface area contributed by atoms with E-state index in [1.54, 1.807) is 18.2 Å². The van der Waals surface area contributed by atoms with Gasteiger partial charge in [0.2, 0.25) is 5.91 Å². The summed E-state index contributed by atoms with van der Waals surface area (Å²) >= 11 is 1.30. The number of amides is 1. The van der Waals surface area contributed by atoms with Crippen LogP contribution in [0.5, 0.6) is 11.5 Å². The Hall–Kier alpha value is -3.07. The van der Waals surface area contributed by atoms with Crippen LogP contribution in [0.1, 0.15) is 26.7 Å². The first kappa shape index (κ1) is 19.7. The minimum atomic E-state index is -0.819. The number of nitrogens with zero attached hydrogens (tertiary/aromatic N) is 2. The molecule has 1 aliphatic carbocycles. The lowest BCUT2D eigenvalue weighted by Gasteiger charge is -2.06. The SMILES string of the molecule is CC.O=C(Nc1nc2ccc(Oc3ccc([N+](=O)[O-])cc3F)cc2s1)C1CC1. The summed E-state index contributed by atoms with van der Waals surface area (Å²) in [6, 6.07) is 8.21. The van der Waals surface area contributed by atoms with Crippen molar-refractivity contribution in [3.05, 3.63) is 52.3 Å². The van der Waals surface area contributed by atoms with Crippen molar-refractivity contribution in [3.8, 4) is 11.5 Å². The Kier molecular flexibility index (Phi) is 5.84. The monoisotopic (exact) mass is 403 g/mol. The number of rotatable bonds is 5. The fourth-order valence-corrected chi connectivity index (χ4v) is 3.29. The van der Waals surface area contributed by atoms with Crippen LogP contribution in [0.2, 0.25) is 0 Å². The molecular weight excluding hydrogens is 385 g/mol. The Morgan fingerprint density at radius 3 is 2.68 bits per heavy atom. The predicted molar refractivity (Wildman–Crippen MR) is 105 cm³/mol. The van der Waals surface area contributed by atoms with E-state index < -0.39 is 10.7 Å². The summed E-state index contributed by atoms with van der Waals surface area (Å²) in [6.45, 7) is 4.00. The van der Waals surface area contributed by atoms with Crippen molar-refractivity contribution < 1.29 is 18.8 Å². The number of hydrogen-bond donors (Lipinski definition) is 1. The van der Waals surface area contributed by atoms with E-state index in [2.05, 4.69) is 10.3 Å². The summed E-state index contributed by atoms with van der Waals surface area (Å²) in [5.74, 6) is -0.490. The number of nitrogens with one attached hydrogen (secondary N) is 1. The summed E-state index contributed by atoms with van der Waals surface area (Å²) in [5.41, 5.74) is 0.349. The number of aromatic nitrogens is 1. The highest BCUT2D eigenvalue weighted by Gasteiger charge is 2.30. The largest absolute Gasteiger partial charge is 0.454 e. The quantitative estimate of drug-likeness (QED) is 0.448. The van der Waals surface area contributed by atoms with Crippen LogP contribution in [0.4, 0.5) is 15.2 Å². The average Bonchev–Trinajstić information content (AvgIpc) is 3.46. The van der Waals surface area contributed by atoms with Gasteiger partial charge in [0.15, 0.2) is 16.7 Å². The van der Waals surface area contributed by atoms with E-state index in [0.29, 0.717) is 16.4 Å². The van der Waals surface area contributed by atoms with Gasteiger partial charge in [0.05, 0.1) is 21.2 Å². The molecule has 0 atom stereocenters. The maximum Gasteiger partial charge on any atom is 0.272 e. The zero-order chi connectivity index (χ0) is 20.3. The van der Waals surface area contributed by atoms with Crippen molar-refractivity contribution in [2.45, 2.75) is 26.7 Å². The molecular formula is C19H18FN3O4S. The second-order valence-corrected chi connectivity index (χ2v) is 6.92.